The van der Waals surface area contributed by atoms with Gasteiger partial charge in [0.2, 0.25) is 0 Å². The Labute approximate surface area is 108 Å². The number of benzene rings is 1. The fourth-order valence-corrected chi connectivity index (χ4v) is 2.31. The second-order valence-electron chi connectivity index (χ2n) is 5.00. The Kier molecular flexibility index (Phi) is 4.58. The minimum atomic E-state index is -0.306. The molecule has 0 aromatic heterocycles. The highest BCUT2D eigenvalue weighted by molar-refractivity contribution is 5.29. The van der Waals surface area contributed by atoms with Gasteiger partial charge in [-0.2, -0.15) is 0 Å². The molecule has 1 aliphatic rings. The van der Waals surface area contributed by atoms with Crippen molar-refractivity contribution in [1.29, 1.82) is 0 Å². The summed E-state index contributed by atoms with van der Waals surface area (Å²) in [5.41, 5.74) is 6.69. The lowest BCUT2D eigenvalue weighted by atomic mass is 10.1. The highest BCUT2D eigenvalue weighted by Gasteiger charge is 2.18. The van der Waals surface area contributed by atoms with Crippen molar-refractivity contribution in [1.82, 2.24) is 4.90 Å². The standard InChI is InChI=1S/C14H22N2O2/c1-16-8-2-3-13(9-16)18-12-6-4-11(5-7-12)14(15)10-17/h4-7,13-14,17H,2-3,8-10,15H2,1H3. The fraction of sp³-hybridized carbons (Fsp3) is 0.571. The second kappa shape index (κ2) is 6.18. The van der Waals surface area contributed by atoms with Gasteiger partial charge in [-0.1, -0.05) is 12.1 Å². The van der Waals surface area contributed by atoms with Crippen molar-refractivity contribution in [3.8, 4) is 5.75 Å². The number of hydrogen-bond acceptors (Lipinski definition) is 4. The maximum Gasteiger partial charge on any atom is 0.119 e. The van der Waals surface area contributed by atoms with Crippen molar-refractivity contribution in [3.05, 3.63) is 29.8 Å². The van der Waals surface area contributed by atoms with Gasteiger partial charge in [0.15, 0.2) is 0 Å². The number of likely N-dealkylation sites (tertiary alicyclic amines) is 1. The monoisotopic (exact) mass is 250 g/mol. The molecule has 18 heavy (non-hydrogen) atoms. The van der Waals surface area contributed by atoms with Crippen LogP contribution in [-0.4, -0.2) is 42.9 Å². The van der Waals surface area contributed by atoms with Crippen LogP contribution >= 0.6 is 0 Å². The summed E-state index contributed by atoms with van der Waals surface area (Å²) < 4.78 is 5.95. The SMILES string of the molecule is CN1CCCC(Oc2ccc(C(N)CO)cc2)C1. The van der Waals surface area contributed by atoms with E-state index in [9.17, 15) is 0 Å². The average molecular weight is 250 g/mol. The van der Waals surface area contributed by atoms with E-state index in [-0.39, 0.29) is 18.8 Å². The Bertz CT molecular complexity index is 367. The molecule has 1 heterocycles. The molecule has 0 amide bonds. The predicted molar refractivity (Wildman–Crippen MR) is 71.6 cm³/mol. The molecule has 100 valence electrons. The number of hydrogen-bond donors (Lipinski definition) is 2. The van der Waals surface area contributed by atoms with Crippen molar-refractivity contribution >= 4 is 0 Å². The zero-order valence-corrected chi connectivity index (χ0v) is 10.9. The number of nitrogens with two attached hydrogens (primary N) is 1. The molecule has 1 saturated heterocycles. The normalized spacial score (nSPS) is 22.7. The van der Waals surface area contributed by atoms with E-state index >= 15 is 0 Å². The minimum absolute atomic E-state index is 0.0341. The summed E-state index contributed by atoms with van der Waals surface area (Å²) in [4.78, 5) is 2.30. The number of ether oxygens (including phenoxy) is 1. The Morgan fingerprint density at radius 2 is 2.17 bits per heavy atom. The molecule has 3 N–H and O–H groups in total. The highest BCUT2D eigenvalue weighted by Crippen LogP contribution is 2.20. The number of likely N-dealkylation sites (N-methyl/N-ethyl adjacent to an activating group) is 1. The lowest BCUT2D eigenvalue weighted by Gasteiger charge is -2.30. The van der Waals surface area contributed by atoms with Crippen LogP contribution < -0.4 is 10.5 Å². The molecule has 2 unspecified atom stereocenters. The lowest BCUT2D eigenvalue weighted by Crippen LogP contribution is -2.38. The molecule has 2 atom stereocenters. The summed E-state index contributed by atoms with van der Waals surface area (Å²) in [7, 11) is 2.12. The highest BCUT2D eigenvalue weighted by atomic mass is 16.5. The van der Waals surface area contributed by atoms with Gasteiger partial charge in [-0.15, -0.1) is 0 Å². The summed E-state index contributed by atoms with van der Waals surface area (Å²) in [6, 6.07) is 7.39. The molecule has 4 nitrogen and oxygen atoms in total. The summed E-state index contributed by atoms with van der Waals surface area (Å²) in [5, 5.41) is 8.99. The van der Waals surface area contributed by atoms with Gasteiger partial charge in [0.1, 0.15) is 11.9 Å². The first-order valence-electron chi connectivity index (χ1n) is 6.50. The van der Waals surface area contributed by atoms with E-state index in [1.807, 2.05) is 24.3 Å². The van der Waals surface area contributed by atoms with Crippen LogP contribution in [0.15, 0.2) is 24.3 Å². The Morgan fingerprint density at radius 1 is 1.44 bits per heavy atom. The molecule has 1 aromatic carbocycles. The number of aliphatic hydroxyl groups is 1. The summed E-state index contributed by atoms with van der Waals surface area (Å²) in [6.07, 6.45) is 2.58. The molecular formula is C14H22N2O2. The van der Waals surface area contributed by atoms with E-state index in [0.717, 1.165) is 30.8 Å². The van der Waals surface area contributed by atoms with Gasteiger partial charge >= 0.3 is 0 Å². The van der Waals surface area contributed by atoms with Gasteiger partial charge in [0.05, 0.1) is 12.6 Å². The van der Waals surface area contributed by atoms with Crippen molar-refractivity contribution < 1.29 is 9.84 Å². The Morgan fingerprint density at radius 3 is 2.78 bits per heavy atom. The molecule has 1 aromatic rings. The second-order valence-corrected chi connectivity index (χ2v) is 5.00. The summed E-state index contributed by atoms with van der Waals surface area (Å²) in [6.45, 7) is 2.11. The van der Waals surface area contributed by atoms with Gasteiger partial charge < -0.3 is 20.5 Å². The van der Waals surface area contributed by atoms with Gasteiger partial charge in [-0.3, -0.25) is 0 Å². The zero-order chi connectivity index (χ0) is 13.0. The zero-order valence-electron chi connectivity index (χ0n) is 10.9. The summed E-state index contributed by atoms with van der Waals surface area (Å²) >= 11 is 0. The maximum atomic E-state index is 8.99. The van der Waals surface area contributed by atoms with Crippen LogP contribution in [0.25, 0.3) is 0 Å². The van der Waals surface area contributed by atoms with Gasteiger partial charge in [-0.05, 0) is 44.1 Å². The van der Waals surface area contributed by atoms with Crippen LogP contribution in [0.1, 0.15) is 24.4 Å². The van der Waals surface area contributed by atoms with Crippen molar-refractivity contribution in [3.63, 3.8) is 0 Å². The van der Waals surface area contributed by atoms with Crippen LogP contribution in [0.3, 0.4) is 0 Å². The molecule has 4 heteroatoms. The van der Waals surface area contributed by atoms with Crippen LogP contribution in [0.2, 0.25) is 0 Å². The lowest BCUT2D eigenvalue weighted by molar-refractivity contribution is 0.104. The summed E-state index contributed by atoms with van der Waals surface area (Å²) in [5.74, 6) is 0.879. The van der Waals surface area contributed by atoms with E-state index < -0.39 is 0 Å². The number of aliphatic hydroxyl groups excluding tert-OH is 1. The fourth-order valence-electron chi connectivity index (χ4n) is 2.31. The van der Waals surface area contributed by atoms with Crippen molar-refractivity contribution in [2.75, 3.05) is 26.7 Å². The predicted octanol–water partition coefficient (Wildman–Crippen LogP) is 1.15. The third-order valence-electron chi connectivity index (χ3n) is 3.39. The molecule has 0 spiro atoms. The van der Waals surface area contributed by atoms with Gasteiger partial charge in [0.25, 0.3) is 0 Å². The molecule has 2 rings (SSSR count). The third kappa shape index (κ3) is 3.45. The maximum absolute atomic E-state index is 8.99. The van der Waals surface area contributed by atoms with Crippen LogP contribution in [0.5, 0.6) is 5.75 Å². The number of rotatable bonds is 4. The average Bonchev–Trinajstić information content (AvgIpc) is 2.39. The smallest absolute Gasteiger partial charge is 0.119 e. The van der Waals surface area contributed by atoms with Gasteiger partial charge in [-0.25, -0.2) is 0 Å². The molecule has 0 aliphatic carbocycles. The topological polar surface area (TPSA) is 58.7 Å². The van der Waals surface area contributed by atoms with E-state index in [1.54, 1.807) is 0 Å². The van der Waals surface area contributed by atoms with Gasteiger partial charge in [0, 0.05) is 6.54 Å². The van der Waals surface area contributed by atoms with Crippen LogP contribution in [0.4, 0.5) is 0 Å². The molecular weight excluding hydrogens is 228 g/mol. The van der Waals surface area contributed by atoms with Crippen molar-refractivity contribution in [2.24, 2.45) is 5.73 Å². The number of piperidine rings is 1. The molecule has 0 saturated carbocycles. The van der Waals surface area contributed by atoms with E-state index in [2.05, 4.69) is 11.9 Å². The van der Waals surface area contributed by atoms with Crippen LogP contribution in [0, 0.1) is 0 Å². The first kappa shape index (κ1) is 13.3. The minimum Gasteiger partial charge on any atom is -0.489 e. The van der Waals surface area contributed by atoms with Crippen LogP contribution in [-0.2, 0) is 0 Å². The van der Waals surface area contributed by atoms with Crippen molar-refractivity contribution in [2.45, 2.75) is 25.0 Å². The first-order chi connectivity index (χ1) is 8.69. The molecule has 0 bridgehead atoms. The Hall–Kier alpha value is -1.10. The van der Waals surface area contributed by atoms with E-state index in [1.165, 1.54) is 6.42 Å². The van der Waals surface area contributed by atoms with E-state index in [4.69, 9.17) is 15.6 Å². The van der Waals surface area contributed by atoms with E-state index in [0.29, 0.717) is 0 Å². The third-order valence-corrected chi connectivity index (χ3v) is 3.39. The first-order valence-corrected chi connectivity index (χ1v) is 6.50. The molecule has 1 fully saturated rings. The molecule has 1 aliphatic heterocycles. The largest absolute Gasteiger partial charge is 0.489 e. The quantitative estimate of drug-likeness (QED) is 0.841. The number of nitrogens with zero attached hydrogens (tertiary/aromatic N) is 1. The molecule has 0 radical (unpaired) electrons. The Balaban J connectivity index is 1.93.